The normalized spacial score (nSPS) is 17.2. The van der Waals surface area contributed by atoms with Gasteiger partial charge in [0.1, 0.15) is 11.6 Å². The number of nitrogens with one attached hydrogen (secondary N) is 2. The number of rotatable bonds is 8. The highest BCUT2D eigenvalue weighted by Gasteiger charge is 2.38. The Labute approximate surface area is 213 Å². The topological polar surface area (TPSA) is 84.1 Å². The molecule has 1 amide bonds. The Bertz CT molecular complexity index is 1400. The third kappa shape index (κ3) is 6.07. The molecule has 38 heavy (non-hydrogen) atoms. The fourth-order valence-electron chi connectivity index (χ4n) is 4.12. The summed E-state index contributed by atoms with van der Waals surface area (Å²) in [7, 11) is 0. The van der Waals surface area contributed by atoms with Gasteiger partial charge in [-0.25, -0.2) is 18.2 Å². The number of nitrogens with zero attached hydrogens (tertiary/aromatic N) is 1. The molecule has 0 unspecified atom stereocenters. The summed E-state index contributed by atoms with van der Waals surface area (Å²) in [5.74, 6) is -4.65. The van der Waals surface area contributed by atoms with Gasteiger partial charge in [0.2, 0.25) is 5.91 Å². The third-order valence-corrected chi connectivity index (χ3v) is 6.31. The van der Waals surface area contributed by atoms with Crippen molar-refractivity contribution in [3.8, 4) is 11.4 Å². The average Bonchev–Trinajstić information content (AvgIpc) is 2.83. The van der Waals surface area contributed by atoms with Gasteiger partial charge in [0, 0.05) is 29.8 Å². The van der Waals surface area contributed by atoms with E-state index in [2.05, 4.69) is 15.3 Å². The molecule has 0 atom stereocenters. The molecule has 2 aromatic carbocycles. The van der Waals surface area contributed by atoms with E-state index in [1.165, 1.54) is 6.07 Å². The Morgan fingerprint density at radius 2 is 1.84 bits per heavy atom. The van der Waals surface area contributed by atoms with Crippen LogP contribution in [0, 0.1) is 23.4 Å². The molecule has 0 spiro atoms. The van der Waals surface area contributed by atoms with Gasteiger partial charge < -0.3 is 15.0 Å². The van der Waals surface area contributed by atoms with Gasteiger partial charge >= 0.3 is 6.18 Å². The maximum atomic E-state index is 15.4. The summed E-state index contributed by atoms with van der Waals surface area (Å²) in [4.78, 5) is 30.5. The summed E-state index contributed by atoms with van der Waals surface area (Å²) < 4.78 is 88.2. The summed E-state index contributed by atoms with van der Waals surface area (Å²) in [5, 5.41) is 2.52. The van der Waals surface area contributed by atoms with Gasteiger partial charge in [0.25, 0.3) is 5.56 Å². The van der Waals surface area contributed by atoms with Crippen molar-refractivity contribution < 1.29 is 35.9 Å². The van der Waals surface area contributed by atoms with E-state index in [1.807, 2.05) is 0 Å². The second-order valence-electron chi connectivity index (χ2n) is 8.97. The first-order valence-corrected chi connectivity index (χ1v) is 11.8. The number of carbonyl (C=O) groups excluding carboxylic acids is 1. The van der Waals surface area contributed by atoms with E-state index in [0.29, 0.717) is 24.5 Å². The highest BCUT2D eigenvalue weighted by Crippen LogP contribution is 2.38. The first-order chi connectivity index (χ1) is 18.0. The van der Waals surface area contributed by atoms with Crippen molar-refractivity contribution in [2.24, 2.45) is 5.92 Å². The molecule has 1 saturated carbocycles. The lowest BCUT2D eigenvalue weighted by Crippen LogP contribution is -2.42. The number of carbonyl (C=O) groups is 1. The highest BCUT2D eigenvalue weighted by molar-refractivity contribution is 5.79. The average molecular weight is 539 g/mol. The van der Waals surface area contributed by atoms with Crippen LogP contribution in [0.2, 0.25) is 0 Å². The van der Waals surface area contributed by atoms with Crippen molar-refractivity contribution in [2.45, 2.75) is 51.6 Å². The first-order valence-electron chi connectivity index (χ1n) is 11.8. The molecule has 4 rings (SSSR count). The van der Waals surface area contributed by atoms with E-state index < -0.39 is 58.0 Å². The van der Waals surface area contributed by atoms with Gasteiger partial charge in [-0.3, -0.25) is 9.59 Å². The summed E-state index contributed by atoms with van der Waals surface area (Å²) in [6.07, 6.45) is -4.28. The molecule has 0 aliphatic heterocycles. The van der Waals surface area contributed by atoms with E-state index in [-0.39, 0.29) is 36.9 Å². The van der Waals surface area contributed by atoms with Crippen molar-refractivity contribution in [1.29, 1.82) is 0 Å². The molecular formula is C26H23F6N3O3. The number of alkyl halides is 3. The van der Waals surface area contributed by atoms with E-state index >= 15 is 4.39 Å². The number of benzene rings is 2. The zero-order valence-electron chi connectivity index (χ0n) is 20.1. The minimum absolute atomic E-state index is 0.0328. The molecule has 1 aliphatic rings. The van der Waals surface area contributed by atoms with Crippen molar-refractivity contribution in [2.75, 3.05) is 0 Å². The van der Waals surface area contributed by atoms with Crippen LogP contribution in [0.1, 0.15) is 42.1 Å². The molecule has 1 aromatic heterocycles. The number of hydrogen-bond donors (Lipinski definition) is 2. The first kappa shape index (κ1) is 27.4. The number of amides is 1. The van der Waals surface area contributed by atoms with E-state index in [9.17, 15) is 31.5 Å². The summed E-state index contributed by atoms with van der Waals surface area (Å²) >= 11 is 0. The third-order valence-electron chi connectivity index (χ3n) is 6.31. The highest BCUT2D eigenvalue weighted by atomic mass is 19.4. The maximum Gasteiger partial charge on any atom is 0.417 e. The van der Waals surface area contributed by atoms with Crippen LogP contribution >= 0.6 is 0 Å². The van der Waals surface area contributed by atoms with Gasteiger partial charge in [-0.2, -0.15) is 13.2 Å². The smallest absolute Gasteiger partial charge is 0.373 e. The predicted octanol–water partition coefficient (Wildman–Crippen LogP) is 5.05. The zero-order chi connectivity index (χ0) is 27.6. The summed E-state index contributed by atoms with van der Waals surface area (Å²) in [6.45, 7) is 1.30. The van der Waals surface area contributed by atoms with Crippen LogP contribution in [0.25, 0.3) is 11.4 Å². The molecule has 0 saturated heterocycles. The Hall–Kier alpha value is -3.67. The molecule has 2 N–H and O–H groups in total. The number of ether oxygens (including phenoxy) is 1. The number of H-pyrrole nitrogens is 1. The Balaban J connectivity index is 1.41. The predicted molar refractivity (Wildman–Crippen MR) is 124 cm³/mol. The molecule has 12 heteroatoms. The Morgan fingerprint density at radius 1 is 1.11 bits per heavy atom. The molecule has 202 valence electrons. The quantitative estimate of drug-likeness (QED) is 0.393. The molecular weight excluding hydrogens is 516 g/mol. The number of halogens is 6. The second-order valence-corrected chi connectivity index (χ2v) is 8.97. The van der Waals surface area contributed by atoms with Crippen LogP contribution in [0.3, 0.4) is 0 Å². The SMILES string of the molecule is CCc1cc(=O)[nH]c(-c2c(C(F)(F)F)ccc(CNC(=O)C3CC(OCc4ccc(F)c(F)c4)C3)c2F)n1. The van der Waals surface area contributed by atoms with Gasteiger partial charge in [-0.1, -0.05) is 19.1 Å². The van der Waals surface area contributed by atoms with Crippen LogP contribution < -0.4 is 10.9 Å². The fraction of sp³-hybridized carbons (Fsp3) is 0.346. The van der Waals surface area contributed by atoms with Crippen molar-refractivity contribution >= 4 is 5.91 Å². The number of aromatic amines is 1. The second kappa shape index (κ2) is 11.0. The number of aryl methyl sites for hydroxylation is 1. The fourth-order valence-corrected chi connectivity index (χ4v) is 4.12. The molecule has 1 fully saturated rings. The lowest BCUT2D eigenvalue weighted by atomic mass is 9.81. The van der Waals surface area contributed by atoms with E-state index in [0.717, 1.165) is 24.3 Å². The standard InChI is InChI=1S/C26H23F6N3O3/c1-2-16-10-21(36)35-24(34-16)22-18(26(30,31)32)5-4-14(23(22)29)11-33-25(37)15-8-17(9-15)38-12-13-3-6-19(27)20(28)7-13/h3-7,10,15,17H,2,8-9,11-12H2,1H3,(H,33,37)(H,34,35,36). The molecule has 0 bridgehead atoms. The van der Waals surface area contributed by atoms with Crippen LogP contribution in [0.4, 0.5) is 26.3 Å². The molecule has 1 aliphatic carbocycles. The van der Waals surface area contributed by atoms with Gasteiger partial charge in [0.05, 0.1) is 23.8 Å². The van der Waals surface area contributed by atoms with Crippen molar-refractivity contribution in [3.63, 3.8) is 0 Å². The number of hydrogen-bond acceptors (Lipinski definition) is 4. The van der Waals surface area contributed by atoms with Gasteiger partial charge in [-0.15, -0.1) is 0 Å². The maximum absolute atomic E-state index is 15.4. The van der Waals surface area contributed by atoms with Crippen LogP contribution in [0.15, 0.2) is 41.2 Å². The van der Waals surface area contributed by atoms with Crippen LogP contribution in [-0.4, -0.2) is 22.0 Å². The monoisotopic (exact) mass is 539 g/mol. The minimum Gasteiger partial charge on any atom is -0.373 e. The lowest BCUT2D eigenvalue weighted by molar-refractivity contribution is -0.137. The van der Waals surface area contributed by atoms with Crippen LogP contribution in [-0.2, 0) is 35.3 Å². The molecule has 6 nitrogen and oxygen atoms in total. The molecule has 0 radical (unpaired) electrons. The lowest BCUT2D eigenvalue weighted by Gasteiger charge is -2.34. The van der Waals surface area contributed by atoms with Crippen molar-refractivity contribution in [1.82, 2.24) is 15.3 Å². The zero-order valence-corrected chi connectivity index (χ0v) is 20.1. The Morgan fingerprint density at radius 3 is 2.50 bits per heavy atom. The Kier molecular flexibility index (Phi) is 7.91. The van der Waals surface area contributed by atoms with E-state index in [4.69, 9.17) is 4.74 Å². The van der Waals surface area contributed by atoms with Crippen molar-refractivity contribution in [3.05, 3.63) is 86.6 Å². The molecule has 1 heterocycles. The summed E-state index contributed by atoms with van der Waals surface area (Å²) in [5.41, 5.74) is -2.50. The largest absolute Gasteiger partial charge is 0.417 e. The van der Waals surface area contributed by atoms with Gasteiger partial charge in [-0.05, 0) is 43.0 Å². The van der Waals surface area contributed by atoms with Gasteiger partial charge in [0.15, 0.2) is 11.6 Å². The minimum atomic E-state index is -4.92. The van der Waals surface area contributed by atoms with Crippen LogP contribution in [0.5, 0.6) is 0 Å². The summed E-state index contributed by atoms with van der Waals surface area (Å²) in [6, 6.07) is 6.13. The molecule has 3 aromatic rings. The number of aromatic nitrogens is 2. The van der Waals surface area contributed by atoms with E-state index in [1.54, 1.807) is 6.92 Å².